The number of rotatable bonds is 4. The molecule has 98 valence electrons. The van der Waals surface area contributed by atoms with Crippen molar-refractivity contribution in [1.29, 1.82) is 0 Å². The van der Waals surface area contributed by atoms with Crippen molar-refractivity contribution in [2.24, 2.45) is 5.92 Å². The van der Waals surface area contributed by atoms with Gasteiger partial charge in [-0.3, -0.25) is 4.79 Å². The Kier molecular flexibility index (Phi) is 4.78. The summed E-state index contributed by atoms with van der Waals surface area (Å²) in [5.41, 5.74) is 1.07. The molecule has 1 amide bonds. The highest BCUT2D eigenvalue weighted by molar-refractivity contribution is 9.10. The van der Waals surface area contributed by atoms with Gasteiger partial charge in [0.15, 0.2) is 0 Å². The fraction of sp³-hybridized carbons (Fsp3) is 0.500. The Morgan fingerprint density at radius 2 is 2.28 bits per heavy atom. The van der Waals surface area contributed by atoms with Crippen molar-refractivity contribution in [1.82, 2.24) is 10.2 Å². The standard InChI is InChI=1S/C14H19BrN2O/c1-16-9-11-6-7-17(10-11)14(18)8-12-4-2-3-5-13(12)15/h2-5,11,16H,6-10H2,1H3. The van der Waals surface area contributed by atoms with Crippen molar-refractivity contribution in [2.75, 3.05) is 26.7 Å². The minimum Gasteiger partial charge on any atom is -0.342 e. The summed E-state index contributed by atoms with van der Waals surface area (Å²) >= 11 is 3.49. The van der Waals surface area contributed by atoms with Gasteiger partial charge in [-0.1, -0.05) is 34.1 Å². The Bertz CT molecular complexity index is 422. The molecule has 0 bridgehead atoms. The van der Waals surface area contributed by atoms with Crippen LogP contribution in [-0.4, -0.2) is 37.5 Å². The lowest BCUT2D eigenvalue weighted by molar-refractivity contribution is -0.129. The van der Waals surface area contributed by atoms with Crippen LogP contribution in [0, 0.1) is 5.92 Å². The van der Waals surface area contributed by atoms with Gasteiger partial charge in [0.25, 0.3) is 0 Å². The first-order chi connectivity index (χ1) is 8.70. The predicted molar refractivity (Wildman–Crippen MR) is 76.5 cm³/mol. The zero-order valence-corrected chi connectivity index (χ0v) is 12.2. The molecule has 3 nitrogen and oxygen atoms in total. The molecule has 18 heavy (non-hydrogen) atoms. The fourth-order valence-corrected chi connectivity index (χ4v) is 2.86. The summed E-state index contributed by atoms with van der Waals surface area (Å²) in [7, 11) is 1.96. The summed E-state index contributed by atoms with van der Waals surface area (Å²) in [4.78, 5) is 14.2. The summed E-state index contributed by atoms with van der Waals surface area (Å²) in [6.07, 6.45) is 1.61. The zero-order valence-electron chi connectivity index (χ0n) is 10.7. The Balaban J connectivity index is 1.91. The number of hydrogen-bond acceptors (Lipinski definition) is 2. The number of likely N-dealkylation sites (tertiary alicyclic amines) is 1. The first-order valence-corrected chi connectivity index (χ1v) is 7.15. The van der Waals surface area contributed by atoms with Crippen LogP contribution in [0.3, 0.4) is 0 Å². The molecule has 1 N–H and O–H groups in total. The second-order valence-electron chi connectivity index (χ2n) is 4.82. The van der Waals surface area contributed by atoms with Crippen LogP contribution in [0.15, 0.2) is 28.7 Å². The largest absolute Gasteiger partial charge is 0.342 e. The van der Waals surface area contributed by atoms with E-state index in [9.17, 15) is 4.79 Å². The van der Waals surface area contributed by atoms with Crippen LogP contribution in [0.2, 0.25) is 0 Å². The highest BCUT2D eigenvalue weighted by atomic mass is 79.9. The van der Waals surface area contributed by atoms with Gasteiger partial charge in [-0.05, 0) is 37.6 Å². The zero-order chi connectivity index (χ0) is 13.0. The van der Waals surface area contributed by atoms with Crippen molar-refractivity contribution in [3.8, 4) is 0 Å². The maximum atomic E-state index is 12.2. The molecule has 0 radical (unpaired) electrons. The van der Waals surface area contributed by atoms with Gasteiger partial charge in [-0.25, -0.2) is 0 Å². The van der Waals surface area contributed by atoms with Crippen molar-refractivity contribution in [2.45, 2.75) is 12.8 Å². The first kappa shape index (κ1) is 13.6. The van der Waals surface area contributed by atoms with E-state index < -0.39 is 0 Å². The number of amides is 1. The van der Waals surface area contributed by atoms with E-state index in [2.05, 4.69) is 21.2 Å². The summed E-state index contributed by atoms with van der Waals surface area (Å²) in [6, 6.07) is 7.93. The van der Waals surface area contributed by atoms with Crippen LogP contribution in [0.25, 0.3) is 0 Å². The van der Waals surface area contributed by atoms with Gasteiger partial charge in [-0.2, -0.15) is 0 Å². The molecular formula is C14H19BrN2O. The number of benzene rings is 1. The molecule has 1 atom stereocenters. The molecule has 0 aliphatic carbocycles. The summed E-state index contributed by atoms with van der Waals surface area (Å²) in [6.45, 7) is 2.79. The van der Waals surface area contributed by atoms with Crippen LogP contribution in [0.5, 0.6) is 0 Å². The minimum absolute atomic E-state index is 0.237. The fourth-order valence-electron chi connectivity index (χ4n) is 2.43. The third kappa shape index (κ3) is 3.33. The highest BCUT2D eigenvalue weighted by Crippen LogP contribution is 2.20. The lowest BCUT2D eigenvalue weighted by Crippen LogP contribution is -2.31. The average Bonchev–Trinajstić information content (AvgIpc) is 2.81. The van der Waals surface area contributed by atoms with Gasteiger partial charge in [-0.15, -0.1) is 0 Å². The molecule has 1 aromatic carbocycles. The van der Waals surface area contributed by atoms with Gasteiger partial charge in [0.1, 0.15) is 0 Å². The Morgan fingerprint density at radius 3 is 3.00 bits per heavy atom. The Morgan fingerprint density at radius 1 is 1.50 bits per heavy atom. The smallest absolute Gasteiger partial charge is 0.227 e. The number of halogens is 1. The topological polar surface area (TPSA) is 32.3 Å². The number of nitrogens with one attached hydrogen (secondary N) is 1. The van der Waals surface area contributed by atoms with Gasteiger partial charge in [0.2, 0.25) is 5.91 Å². The SMILES string of the molecule is CNCC1CCN(C(=O)Cc2ccccc2Br)C1. The lowest BCUT2D eigenvalue weighted by Gasteiger charge is -2.17. The van der Waals surface area contributed by atoms with Crippen molar-refractivity contribution < 1.29 is 4.79 Å². The van der Waals surface area contributed by atoms with Crippen LogP contribution < -0.4 is 5.32 Å². The molecule has 4 heteroatoms. The molecule has 1 unspecified atom stereocenters. The quantitative estimate of drug-likeness (QED) is 0.923. The molecule has 1 heterocycles. The van der Waals surface area contributed by atoms with E-state index in [4.69, 9.17) is 0 Å². The monoisotopic (exact) mass is 310 g/mol. The molecular weight excluding hydrogens is 292 g/mol. The molecule has 1 aliphatic rings. The normalized spacial score (nSPS) is 19.2. The van der Waals surface area contributed by atoms with Crippen molar-refractivity contribution in [3.63, 3.8) is 0 Å². The minimum atomic E-state index is 0.237. The van der Waals surface area contributed by atoms with E-state index in [1.54, 1.807) is 0 Å². The molecule has 0 saturated carbocycles. The van der Waals surface area contributed by atoms with E-state index >= 15 is 0 Å². The first-order valence-electron chi connectivity index (χ1n) is 6.36. The van der Waals surface area contributed by atoms with E-state index in [1.807, 2.05) is 36.2 Å². The van der Waals surface area contributed by atoms with Crippen LogP contribution >= 0.6 is 15.9 Å². The number of hydrogen-bond donors (Lipinski definition) is 1. The van der Waals surface area contributed by atoms with Gasteiger partial charge in [0, 0.05) is 17.6 Å². The molecule has 2 rings (SSSR count). The predicted octanol–water partition coefficient (Wildman–Crippen LogP) is 2.06. The summed E-state index contributed by atoms with van der Waals surface area (Å²) < 4.78 is 1.02. The average molecular weight is 311 g/mol. The van der Waals surface area contributed by atoms with E-state index in [-0.39, 0.29) is 5.91 Å². The van der Waals surface area contributed by atoms with Crippen molar-refractivity contribution in [3.05, 3.63) is 34.3 Å². The molecule has 0 spiro atoms. The van der Waals surface area contributed by atoms with Crippen LogP contribution in [0.4, 0.5) is 0 Å². The third-order valence-corrected chi connectivity index (χ3v) is 4.20. The van der Waals surface area contributed by atoms with Crippen LogP contribution in [0.1, 0.15) is 12.0 Å². The molecule has 1 aromatic rings. The van der Waals surface area contributed by atoms with E-state index in [0.29, 0.717) is 12.3 Å². The highest BCUT2D eigenvalue weighted by Gasteiger charge is 2.25. The summed E-state index contributed by atoms with van der Waals surface area (Å²) in [5, 5.41) is 3.18. The van der Waals surface area contributed by atoms with Crippen LogP contribution in [-0.2, 0) is 11.2 Å². The number of carbonyl (C=O) groups is 1. The molecule has 1 saturated heterocycles. The van der Waals surface area contributed by atoms with Gasteiger partial charge in [0.05, 0.1) is 6.42 Å². The maximum Gasteiger partial charge on any atom is 0.227 e. The Hall–Kier alpha value is -0.870. The van der Waals surface area contributed by atoms with Crippen molar-refractivity contribution >= 4 is 21.8 Å². The number of carbonyl (C=O) groups excluding carboxylic acids is 1. The van der Waals surface area contributed by atoms with E-state index in [0.717, 1.165) is 36.1 Å². The van der Waals surface area contributed by atoms with E-state index in [1.165, 1.54) is 0 Å². The van der Waals surface area contributed by atoms with Gasteiger partial charge < -0.3 is 10.2 Å². The Labute approximate surface area is 117 Å². The second kappa shape index (κ2) is 6.34. The number of nitrogens with zero attached hydrogens (tertiary/aromatic N) is 1. The molecule has 1 fully saturated rings. The second-order valence-corrected chi connectivity index (χ2v) is 5.67. The maximum absolute atomic E-state index is 12.2. The lowest BCUT2D eigenvalue weighted by atomic mass is 10.1. The molecule has 0 aromatic heterocycles. The molecule has 1 aliphatic heterocycles. The summed E-state index contributed by atoms with van der Waals surface area (Å²) in [5.74, 6) is 0.846. The third-order valence-electron chi connectivity index (χ3n) is 3.43. The van der Waals surface area contributed by atoms with Gasteiger partial charge >= 0.3 is 0 Å².